The van der Waals surface area contributed by atoms with E-state index in [1.54, 1.807) is 20.3 Å². The summed E-state index contributed by atoms with van der Waals surface area (Å²) in [7, 11) is 3.27. The molecule has 0 fully saturated rings. The number of methoxy groups -OCH3 is 2. The van der Waals surface area contributed by atoms with E-state index in [2.05, 4.69) is 5.32 Å². The number of amides is 1. The smallest absolute Gasteiger partial charge is 0.252 e. The third-order valence-electron chi connectivity index (χ3n) is 4.57. The minimum absolute atomic E-state index is 0.00230. The third-order valence-corrected chi connectivity index (χ3v) is 4.57. The molecule has 1 aromatic carbocycles. The molecule has 5 N–H and O–H groups in total. The van der Waals surface area contributed by atoms with Gasteiger partial charge in [-0.05, 0) is 37.5 Å². The van der Waals surface area contributed by atoms with E-state index >= 15 is 0 Å². The molecule has 0 radical (unpaired) electrons. The zero-order valence-corrected chi connectivity index (χ0v) is 15.4. The van der Waals surface area contributed by atoms with E-state index in [-0.39, 0.29) is 17.4 Å². The van der Waals surface area contributed by atoms with E-state index in [1.807, 2.05) is 13.8 Å². The lowest BCUT2D eigenvalue weighted by Gasteiger charge is -2.31. The molecule has 0 aliphatic carbocycles. The van der Waals surface area contributed by atoms with Crippen molar-refractivity contribution in [1.29, 1.82) is 0 Å². The van der Waals surface area contributed by atoms with Crippen molar-refractivity contribution in [2.75, 3.05) is 20.8 Å². The average molecular weight is 354 g/mol. The Morgan fingerprint density at radius 3 is 2.52 bits per heavy atom. The minimum atomic E-state index is -0.818. The Balaban J connectivity index is 2.57. The van der Waals surface area contributed by atoms with E-state index in [0.717, 1.165) is 19.3 Å². The van der Waals surface area contributed by atoms with Crippen molar-refractivity contribution in [2.24, 2.45) is 5.73 Å². The van der Waals surface area contributed by atoms with Gasteiger partial charge in [0.2, 0.25) is 0 Å². The Kier molecular flexibility index (Phi) is 8.31. The van der Waals surface area contributed by atoms with Gasteiger partial charge in [-0.2, -0.15) is 0 Å². The number of primary amides is 1. The number of benzene rings is 1. The molecule has 0 aliphatic heterocycles. The number of nitrogens with two attached hydrogens (primary N) is 1. The quantitative estimate of drug-likeness (QED) is 0.450. The lowest BCUT2D eigenvalue weighted by Crippen LogP contribution is -2.37. The molecule has 7 heteroatoms. The van der Waals surface area contributed by atoms with Gasteiger partial charge in [-0.3, -0.25) is 4.79 Å². The topological polar surface area (TPSA) is 114 Å². The Hall–Kier alpha value is -1.67. The van der Waals surface area contributed by atoms with Gasteiger partial charge in [0.25, 0.3) is 5.91 Å². The summed E-state index contributed by atoms with van der Waals surface area (Å²) in [6, 6.07) is 4.47. The summed E-state index contributed by atoms with van der Waals surface area (Å²) in [5.74, 6) is -1.51. The number of aliphatic hydroxyl groups is 1. The highest BCUT2D eigenvalue weighted by atomic mass is 16.7. The van der Waals surface area contributed by atoms with Gasteiger partial charge >= 0.3 is 0 Å². The first-order valence-corrected chi connectivity index (χ1v) is 8.43. The van der Waals surface area contributed by atoms with Gasteiger partial charge in [0.15, 0.2) is 5.79 Å². The summed E-state index contributed by atoms with van der Waals surface area (Å²) >= 11 is 0. The van der Waals surface area contributed by atoms with E-state index in [9.17, 15) is 15.0 Å². The van der Waals surface area contributed by atoms with Crippen LogP contribution in [0.4, 0.5) is 0 Å². The summed E-state index contributed by atoms with van der Waals surface area (Å²) in [6.07, 6.45) is 1.47. The van der Waals surface area contributed by atoms with E-state index in [0.29, 0.717) is 12.1 Å². The molecule has 1 aromatic rings. The third kappa shape index (κ3) is 5.97. The van der Waals surface area contributed by atoms with Crippen molar-refractivity contribution in [3.63, 3.8) is 0 Å². The maximum Gasteiger partial charge on any atom is 0.252 e. The van der Waals surface area contributed by atoms with Crippen molar-refractivity contribution >= 4 is 5.91 Å². The van der Waals surface area contributed by atoms with Gasteiger partial charge in [-0.25, -0.2) is 0 Å². The maximum atomic E-state index is 11.3. The van der Waals surface area contributed by atoms with Crippen LogP contribution in [-0.4, -0.2) is 48.7 Å². The summed E-state index contributed by atoms with van der Waals surface area (Å²) in [4.78, 5) is 11.3. The van der Waals surface area contributed by atoms with Crippen LogP contribution in [0.3, 0.4) is 0 Å². The molecular weight excluding hydrogens is 324 g/mol. The second-order valence-corrected chi connectivity index (χ2v) is 6.18. The standard InChI is InChI=1S/C18H30N2O5/c1-5-18(24-3,25-4)9-8-12(2)20-11-16(22)13-6-7-15(21)14(10-13)17(19)23/h6-7,10,12,16,20-22H,5,8-9,11H2,1-4H3,(H2,19,23). The number of hydrogen-bond acceptors (Lipinski definition) is 6. The highest BCUT2D eigenvalue weighted by Gasteiger charge is 2.27. The molecule has 2 atom stereocenters. The SMILES string of the molecule is CCC(CCC(C)NCC(O)c1ccc(O)c(C(N)=O)c1)(OC)OC. The number of carbonyl (C=O) groups excluding carboxylic acids is 1. The average Bonchev–Trinajstić information content (AvgIpc) is 2.61. The lowest BCUT2D eigenvalue weighted by atomic mass is 10.0. The van der Waals surface area contributed by atoms with Crippen molar-refractivity contribution in [3.8, 4) is 5.75 Å². The van der Waals surface area contributed by atoms with Crippen molar-refractivity contribution < 1.29 is 24.5 Å². The number of aromatic hydroxyl groups is 1. The first-order chi connectivity index (χ1) is 11.8. The number of carbonyl (C=O) groups is 1. The molecule has 0 saturated carbocycles. The molecule has 0 bridgehead atoms. The normalized spacial score (nSPS) is 14.3. The molecule has 2 unspecified atom stereocenters. The predicted molar refractivity (Wildman–Crippen MR) is 95.3 cm³/mol. The first kappa shape index (κ1) is 21.4. The molecule has 0 heterocycles. The van der Waals surface area contributed by atoms with Gasteiger partial charge in [-0.1, -0.05) is 13.0 Å². The fourth-order valence-electron chi connectivity index (χ4n) is 2.68. The molecule has 0 saturated heterocycles. The fourth-order valence-corrected chi connectivity index (χ4v) is 2.68. The summed E-state index contributed by atoms with van der Waals surface area (Å²) in [6.45, 7) is 4.34. The van der Waals surface area contributed by atoms with Crippen LogP contribution in [0.25, 0.3) is 0 Å². The molecule has 0 aromatic heterocycles. The van der Waals surface area contributed by atoms with Crippen LogP contribution in [0.5, 0.6) is 5.75 Å². The highest BCUT2D eigenvalue weighted by Crippen LogP contribution is 2.24. The zero-order chi connectivity index (χ0) is 19.0. The zero-order valence-electron chi connectivity index (χ0n) is 15.4. The molecule has 0 spiro atoms. The predicted octanol–water partition coefficient (Wildman–Crippen LogP) is 1.68. The molecule has 0 aliphatic rings. The van der Waals surface area contributed by atoms with Crippen LogP contribution < -0.4 is 11.1 Å². The summed E-state index contributed by atoms with van der Waals surface area (Å²) in [5, 5.41) is 23.1. The van der Waals surface area contributed by atoms with Crippen LogP contribution in [0.1, 0.15) is 55.1 Å². The number of rotatable bonds is 11. The van der Waals surface area contributed by atoms with Gasteiger partial charge in [0.1, 0.15) is 5.75 Å². The van der Waals surface area contributed by atoms with Crippen molar-refractivity contribution in [3.05, 3.63) is 29.3 Å². The van der Waals surface area contributed by atoms with Crippen LogP contribution in [0, 0.1) is 0 Å². The molecule has 7 nitrogen and oxygen atoms in total. The van der Waals surface area contributed by atoms with Gasteiger partial charge in [-0.15, -0.1) is 0 Å². The molecule has 142 valence electrons. The number of nitrogens with one attached hydrogen (secondary N) is 1. The Bertz CT molecular complexity index is 552. The van der Waals surface area contributed by atoms with E-state index in [4.69, 9.17) is 15.2 Å². The van der Waals surface area contributed by atoms with Crippen molar-refractivity contribution in [1.82, 2.24) is 5.32 Å². The number of phenols is 1. The number of hydrogen-bond donors (Lipinski definition) is 4. The van der Waals surface area contributed by atoms with Gasteiger partial charge in [0, 0.05) is 33.2 Å². The van der Waals surface area contributed by atoms with Gasteiger partial charge in [0.05, 0.1) is 11.7 Å². The second kappa shape index (κ2) is 9.72. The van der Waals surface area contributed by atoms with Crippen LogP contribution in [-0.2, 0) is 9.47 Å². The number of aliphatic hydroxyl groups excluding tert-OH is 1. The highest BCUT2D eigenvalue weighted by molar-refractivity contribution is 5.95. The summed E-state index contributed by atoms with van der Waals surface area (Å²) < 4.78 is 10.9. The van der Waals surface area contributed by atoms with Crippen molar-refractivity contribution in [2.45, 2.75) is 51.0 Å². The Morgan fingerprint density at radius 2 is 2.00 bits per heavy atom. The Labute approximate surface area is 149 Å². The maximum absolute atomic E-state index is 11.3. The van der Waals surface area contributed by atoms with Crippen LogP contribution >= 0.6 is 0 Å². The molecular formula is C18H30N2O5. The molecule has 1 amide bonds. The van der Waals surface area contributed by atoms with Crippen LogP contribution in [0.2, 0.25) is 0 Å². The summed E-state index contributed by atoms with van der Waals surface area (Å²) in [5.41, 5.74) is 5.72. The second-order valence-electron chi connectivity index (χ2n) is 6.18. The largest absolute Gasteiger partial charge is 0.507 e. The lowest BCUT2D eigenvalue weighted by molar-refractivity contribution is -0.213. The van der Waals surface area contributed by atoms with Crippen LogP contribution in [0.15, 0.2) is 18.2 Å². The molecule has 1 rings (SSSR count). The minimum Gasteiger partial charge on any atom is -0.507 e. The molecule has 25 heavy (non-hydrogen) atoms. The number of ether oxygens (including phenoxy) is 2. The Morgan fingerprint density at radius 1 is 1.36 bits per heavy atom. The first-order valence-electron chi connectivity index (χ1n) is 8.43. The fraction of sp³-hybridized carbons (Fsp3) is 0.611. The van der Waals surface area contributed by atoms with E-state index < -0.39 is 17.8 Å². The monoisotopic (exact) mass is 354 g/mol. The van der Waals surface area contributed by atoms with E-state index in [1.165, 1.54) is 12.1 Å². The van der Waals surface area contributed by atoms with Gasteiger partial charge < -0.3 is 30.7 Å².